The van der Waals surface area contributed by atoms with E-state index in [0.29, 0.717) is 25.2 Å². The monoisotopic (exact) mass is 380 g/mol. The summed E-state index contributed by atoms with van der Waals surface area (Å²) in [6.07, 6.45) is -4.69. The first-order chi connectivity index (χ1) is 12.6. The molecule has 9 heteroatoms. The van der Waals surface area contributed by atoms with Crippen molar-refractivity contribution < 1.29 is 18.0 Å². The second-order valence-corrected chi connectivity index (χ2v) is 6.61. The van der Waals surface area contributed by atoms with Gasteiger partial charge in [-0.15, -0.1) is 0 Å². The molecule has 0 aliphatic carbocycles. The molecule has 1 amide bonds. The Morgan fingerprint density at radius 2 is 1.81 bits per heavy atom. The van der Waals surface area contributed by atoms with Crippen molar-refractivity contribution in [1.82, 2.24) is 19.8 Å². The minimum Gasteiger partial charge on any atom is -0.343 e. The highest BCUT2D eigenvalue weighted by Gasteiger charge is 2.36. The van der Waals surface area contributed by atoms with Crippen molar-refractivity contribution in [3.8, 4) is 11.4 Å². The molecule has 0 saturated carbocycles. The molecule has 0 unspecified atom stereocenters. The molecule has 6 nitrogen and oxygen atoms in total. The fourth-order valence-electron chi connectivity index (χ4n) is 2.91. The summed E-state index contributed by atoms with van der Waals surface area (Å²) in [5.74, 6) is -0.0711. The number of aromatic amines is 1. The van der Waals surface area contributed by atoms with Crippen LogP contribution in [0.1, 0.15) is 16.8 Å². The third-order valence-electron chi connectivity index (χ3n) is 4.59. The van der Waals surface area contributed by atoms with E-state index in [1.54, 1.807) is 36.2 Å². The number of nitrogens with one attached hydrogen (secondary N) is 1. The minimum atomic E-state index is -4.69. The Morgan fingerprint density at radius 1 is 1.15 bits per heavy atom. The first kappa shape index (κ1) is 19.1. The molecule has 0 atom stereocenters. The fourth-order valence-corrected chi connectivity index (χ4v) is 2.91. The van der Waals surface area contributed by atoms with Crippen LogP contribution in [0.4, 0.5) is 13.2 Å². The molecule has 1 aliphatic rings. The van der Waals surface area contributed by atoms with E-state index in [1.807, 2.05) is 4.90 Å². The molecule has 3 rings (SSSR count). The van der Waals surface area contributed by atoms with E-state index in [4.69, 9.17) is 0 Å². The molecular formula is C18H19F3N4O2. The van der Waals surface area contributed by atoms with Crippen LogP contribution >= 0.6 is 0 Å². The van der Waals surface area contributed by atoms with Crippen LogP contribution in [0.5, 0.6) is 0 Å². The highest BCUT2D eigenvalue weighted by Crippen LogP contribution is 2.30. The van der Waals surface area contributed by atoms with Gasteiger partial charge in [-0.1, -0.05) is 24.3 Å². The lowest BCUT2D eigenvalue weighted by Gasteiger charge is -2.31. The van der Waals surface area contributed by atoms with Crippen LogP contribution < -0.4 is 5.56 Å². The smallest absolute Gasteiger partial charge is 0.343 e. The summed E-state index contributed by atoms with van der Waals surface area (Å²) in [5.41, 5.74) is -1.14. The van der Waals surface area contributed by atoms with Gasteiger partial charge in [-0.3, -0.25) is 14.5 Å². The molecule has 2 aromatic rings. The lowest BCUT2D eigenvalue weighted by molar-refractivity contribution is -0.141. The molecule has 0 bridgehead atoms. The number of H-pyrrole nitrogens is 1. The highest BCUT2D eigenvalue weighted by molar-refractivity contribution is 5.78. The molecule has 0 radical (unpaired) electrons. The van der Waals surface area contributed by atoms with E-state index in [2.05, 4.69) is 9.97 Å². The van der Waals surface area contributed by atoms with Crippen LogP contribution in [0.25, 0.3) is 11.4 Å². The number of benzene rings is 1. The van der Waals surface area contributed by atoms with E-state index in [-0.39, 0.29) is 11.7 Å². The number of likely N-dealkylation sites (N-methyl/N-ethyl adjacent to an activating group) is 1. The zero-order valence-electron chi connectivity index (χ0n) is 14.9. The van der Waals surface area contributed by atoms with E-state index in [1.165, 1.54) is 0 Å². The van der Waals surface area contributed by atoms with Gasteiger partial charge in [-0.05, 0) is 12.5 Å². The zero-order valence-corrected chi connectivity index (χ0v) is 14.9. The van der Waals surface area contributed by atoms with Crippen LogP contribution in [0.2, 0.25) is 0 Å². The first-order valence-corrected chi connectivity index (χ1v) is 8.39. The molecule has 1 fully saturated rings. The summed E-state index contributed by atoms with van der Waals surface area (Å²) in [6.45, 7) is 3.40. The topological polar surface area (TPSA) is 69.3 Å². The van der Waals surface area contributed by atoms with E-state index >= 15 is 0 Å². The van der Waals surface area contributed by atoms with E-state index in [9.17, 15) is 22.8 Å². The Bertz CT molecular complexity index is 906. The molecule has 0 spiro atoms. The van der Waals surface area contributed by atoms with Crippen molar-refractivity contribution in [2.75, 3.05) is 26.7 Å². The number of hydrogen-bond acceptors (Lipinski definition) is 4. The van der Waals surface area contributed by atoms with Crippen molar-refractivity contribution >= 4 is 5.91 Å². The second kappa shape index (κ2) is 7.15. The lowest BCUT2D eigenvalue weighted by atomic mass is 10.1. The standard InChI is InChI=1S/C18H19F3N4O2/c1-11-15(18(19,20)21)22-16(23-17(11)27)13-5-3-12(4-6-13)9-25-8-7-24(2)14(26)10-25/h3-6H,7-10H2,1-2H3,(H,22,23,27). The molecule has 1 saturated heterocycles. The summed E-state index contributed by atoms with van der Waals surface area (Å²) in [4.78, 5) is 33.3. The van der Waals surface area contributed by atoms with Crippen LogP contribution in [-0.4, -0.2) is 52.4 Å². The van der Waals surface area contributed by atoms with Crippen LogP contribution in [-0.2, 0) is 17.5 Å². The molecule has 1 N–H and O–H groups in total. The summed E-state index contributed by atoms with van der Waals surface area (Å²) in [6, 6.07) is 6.73. The predicted octanol–water partition coefficient (Wildman–Crippen LogP) is 2.04. The van der Waals surface area contributed by atoms with Crippen molar-refractivity contribution in [2.24, 2.45) is 0 Å². The van der Waals surface area contributed by atoms with Gasteiger partial charge in [-0.25, -0.2) is 4.98 Å². The molecule has 27 heavy (non-hydrogen) atoms. The highest BCUT2D eigenvalue weighted by atomic mass is 19.4. The molecular weight excluding hydrogens is 361 g/mol. The molecule has 1 aliphatic heterocycles. The van der Waals surface area contributed by atoms with Crippen LogP contribution in [0.15, 0.2) is 29.1 Å². The lowest BCUT2D eigenvalue weighted by Crippen LogP contribution is -2.47. The number of amides is 1. The Labute approximate surface area is 153 Å². The average Bonchev–Trinajstić information content (AvgIpc) is 2.60. The summed E-state index contributed by atoms with van der Waals surface area (Å²) < 4.78 is 39.2. The van der Waals surface area contributed by atoms with E-state index in [0.717, 1.165) is 19.0 Å². The number of carbonyl (C=O) groups is 1. The third-order valence-corrected chi connectivity index (χ3v) is 4.59. The van der Waals surface area contributed by atoms with Crippen molar-refractivity contribution in [3.63, 3.8) is 0 Å². The Balaban J connectivity index is 1.81. The SMILES string of the molecule is Cc1c(C(F)(F)F)nc(-c2ccc(CN3CCN(C)C(=O)C3)cc2)[nH]c1=O. The van der Waals surface area contributed by atoms with E-state index < -0.39 is 23.0 Å². The van der Waals surface area contributed by atoms with Gasteiger partial charge in [0, 0.05) is 37.8 Å². The minimum absolute atomic E-state index is 0.0546. The largest absolute Gasteiger partial charge is 0.433 e. The Kier molecular flexibility index (Phi) is 5.05. The van der Waals surface area contributed by atoms with Crippen molar-refractivity contribution in [2.45, 2.75) is 19.6 Å². The Morgan fingerprint density at radius 3 is 2.41 bits per heavy atom. The zero-order chi connectivity index (χ0) is 19.8. The van der Waals surface area contributed by atoms with Gasteiger partial charge < -0.3 is 9.88 Å². The maximum Gasteiger partial charge on any atom is 0.433 e. The van der Waals surface area contributed by atoms with Crippen LogP contribution in [0, 0.1) is 6.92 Å². The van der Waals surface area contributed by atoms with Crippen LogP contribution in [0.3, 0.4) is 0 Å². The molecule has 1 aromatic carbocycles. The maximum absolute atomic E-state index is 13.1. The summed E-state index contributed by atoms with van der Waals surface area (Å²) in [7, 11) is 1.76. The van der Waals surface area contributed by atoms with Gasteiger partial charge in [0.15, 0.2) is 5.69 Å². The Hall–Kier alpha value is -2.68. The number of hydrogen-bond donors (Lipinski definition) is 1. The van der Waals surface area contributed by atoms with Gasteiger partial charge in [0.2, 0.25) is 5.91 Å². The number of aromatic nitrogens is 2. The second-order valence-electron chi connectivity index (χ2n) is 6.61. The fraction of sp³-hybridized carbons (Fsp3) is 0.389. The number of halogens is 3. The average molecular weight is 380 g/mol. The number of nitrogens with zero attached hydrogens (tertiary/aromatic N) is 3. The van der Waals surface area contributed by atoms with Gasteiger partial charge >= 0.3 is 6.18 Å². The predicted molar refractivity (Wildman–Crippen MR) is 92.9 cm³/mol. The quantitative estimate of drug-likeness (QED) is 0.885. The van der Waals surface area contributed by atoms with Crippen molar-refractivity contribution in [3.05, 3.63) is 51.4 Å². The number of alkyl halides is 3. The molecule has 2 heterocycles. The summed E-state index contributed by atoms with van der Waals surface area (Å²) in [5, 5.41) is 0. The number of carbonyl (C=O) groups excluding carboxylic acids is 1. The van der Waals surface area contributed by atoms with Gasteiger partial charge in [-0.2, -0.15) is 13.2 Å². The van der Waals surface area contributed by atoms with Gasteiger partial charge in [0.25, 0.3) is 5.56 Å². The normalized spacial score (nSPS) is 16.0. The summed E-state index contributed by atoms with van der Waals surface area (Å²) >= 11 is 0. The molecule has 144 valence electrons. The number of piperazine rings is 1. The first-order valence-electron chi connectivity index (χ1n) is 8.39. The maximum atomic E-state index is 13.1. The van der Waals surface area contributed by atoms with Gasteiger partial charge in [0.05, 0.1) is 6.54 Å². The van der Waals surface area contributed by atoms with Crippen molar-refractivity contribution in [1.29, 1.82) is 0 Å². The van der Waals surface area contributed by atoms with Gasteiger partial charge in [0.1, 0.15) is 5.82 Å². The number of rotatable bonds is 3. The third kappa shape index (κ3) is 4.19. The molecule has 1 aromatic heterocycles.